The predicted molar refractivity (Wildman–Crippen MR) is 113 cm³/mol. The van der Waals surface area contributed by atoms with Gasteiger partial charge in [-0.1, -0.05) is 11.6 Å². The smallest absolute Gasteiger partial charge is 0.325 e. The molecule has 1 saturated heterocycles. The van der Waals surface area contributed by atoms with Crippen LogP contribution in [-0.2, 0) is 15.8 Å². The van der Waals surface area contributed by atoms with Crippen molar-refractivity contribution < 1.29 is 31.5 Å². The highest BCUT2D eigenvalue weighted by molar-refractivity contribution is 6.31. The van der Waals surface area contributed by atoms with Crippen LogP contribution >= 0.6 is 11.6 Å². The third-order valence-corrected chi connectivity index (χ3v) is 5.29. The standard InChI is InChI=1S/C21H20ClF5N4O2/c22-16-3-1-13(9-15(16)21(25,26)27)28-19(32)11-30-5-7-31(8-6-30)12-20(33)29-14-2-4-17(23)18(24)10-14/h1-4,9-10H,5-8,11-12H2,(H,28,32)(H,29,33). The zero-order valence-corrected chi connectivity index (χ0v) is 17.9. The Bertz CT molecular complexity index is 1030. The molecule has 0 atom stereocenters. The SMILES string of the molecule is O=C(CN1CCN(CC(=O)Nc2ccc(Cl)c(C(F)(F)F)c2)CC1)Nc1ccc(F)c(F)c1. The first-order valence-electron chi connectivity index (χ1n) is 9.87. The Balaban J connectivity index is 1.44. The summed E-state index contributed by atoms with van der Waals surface area (Å²) in [5.74, 6) is -2.94. The highest BCUT2D eigenvalue weighted by atomic mass is 35.5. The van der Waals surface area contributed by atoms with Crippen LogP contribution in [0.1, 0.15) is 5.56 Å². The summed E-state index contributed by atoms with van der Waals surface area (Å²) in [6.07, 6.45) is -4.63. The van der Waals surface area contributed by atoms with E-state index in [0.29, 0.717) is 26.2 Å². The van der Waals surface area contributed by atoms with Gasteiger partial charge in [0.15, 0.2) is 11.6 Å². The molecular formula is C21H20ClF5N4O2. The number of hydrogen-bond acceptors (Lipinski definition) is 4. The molecular weight excluding hydrogens is 471 g/mol. The van der Waals surface area contributed by atoms with Gasteiger partial charge in [0.1, 0.15) is 0 Å². The van der Waals surface area contributed by atoms with Crippen molar-refractivity contribution in [2.75, 3.05) is 49.9 Å². The lowest BCUT2D eigenvalue weighted by molar-refractivity contribution is -0.137. The Morgan fingerprint density at radius 1 is 0.818 bits per heavy atom. The van der Waals surface area contributed by atoms with Crippen molar-refractivity contribution in [3.05, 3.63) is 58.6 Å². The van der Waals surface area contributed by atoms with Crippen LogP contribution in [-0.4, -0.2) is 60.9 Å². The lowest BCUT2D eigenvalue weighted by Crippen LogP contribution is -2.50. The fourth-order valence-electron chi connectivity index (χ4n) is 3.31. The van der Waals surface area contributed by atoms with Crippen LogP contribution in [0.5, 0.6) is 0 Å². The molecule has 0 saturated carbocycles. The quantitative estimate of drug-likeness (QED) is 0.604. The van der Waals surface area contributed by atoms with Gasteiger partial charge in [0.2, 0.25) is 11.8 Å². The van der Waals surface area contributed by atoms with E-state index in [-0.39, 0.29) is 24.5 Å². The van der Waals surface area contributed by atoms with Crippen LogP contribution in [0, 0.1) is 11.6 Å². The minimum Gasteiger partial charge on any atom is -0.325 e. The summed E-state index contributed by atoms with van der Waals surface area (Å²) in [6, 6.07) is 6.21. The number of piperazine rings is 1. The second-order valence-electron chi connectivity index (χ2n) is 7.47. The normalized spacial score (nSPS) is 15.3. The zero-order chi connectivity index (χ0) is 24.2. The first-order valence-corrected chi connectivity index (χ1v) is 10.3. The number of carbonyl (C=O) groups is 2. The van der Waals surface area contributed by atoms with E-state index < -0.39 is 40.2 Å². The summed E-state index contributed by atoms with van der Waals surface area (Å²) in [4.78, 5) is 28.0. The largest absolute Gasteiger partial charge is 0.417 e. The van der Waals surface area contributed by atoms with Gasteiger partial charge in [-0.25, -0.2) is 8.78 Å². The van der Waals surface area contributed by atoms with Gasteiger partial charge in [0.05, 0.1) is 23.7 Å². The maximum Gasteiger partial charge on any atom is 0.417 e. The molecule has 33 heavy (non-hydrogen) atoms. The Morgan fingerprint density at radius 2 is 1.30 bits per heavy atom. The number of nitrogens with one attached hydrogen (secondary N) is 2. The van der Waals surface area contributed by atoms with Gasteiger partial charge >= 0.3 is 6.18 Å². The average Bonchev–Trinajstić information content (AvgIpc) is 2.73. The number of halogens is 6. The summed E-state index contributed by atoms with van der Waals surface area (Å²) in [7, 11) is 0. The summed E-state index contributed by atoms with van der Waals surface area (Å²) in [5.41, 5.74) is -0.897. The van der Waals surface area contributed by atoms with E-state index in [1.54, 1.807) is 4.90 Å². The molecule has 0 aliphatic carbocycles. The van der Waals surface area contributed by atoms with E-state index in [1.807, 2.05) is 4.90 Å². The minimum absolute atomic E-state index is 0.00994. The summed E-state index contributed by atoms with van der Waals surface area (Å²) < 4.78 is 65.0. The number of carbonyl (C=O) groups excluding carboxylic acids is 2. The average molecular weight is 491 g/mol. The Morgan fingerprint density at radius 3 is 1.79 bits per heavy atom. The number of alkyl halides is 3. The van der Waals surface area contributed by atoms with Gasteiger partial charge in [0.25, 0.3) is 0 Å². The fourth-order valence-corrected chi connectivity index (χ4v) is 3.53. The minimum atomic E-state index is -4.63. The highest BCUT2D eigenvalue weighted by Gasteiger charge is 2.33. The summed E-state index contributed by atoms with van der Waals surface area (Å²) >= 11 is 5.58. The molecule has 0 radical (unpaired) electrons. The molecule has 3 rings (SSSR count). The van der Waals surface area contributed by atoms with Crippen molar-refractivity contribution in [3.63, 3.8) is 0 Å². The van der Waals surface area contributed by atoms with Crippen LogP contribution in [0.15, 0.2) is 36.4 Å². The maximum absolute atomic E-state index is 13.2. The molecule has 0 unspecified atom stereocenters. The Hall–Kier alpha value is -2.76. The Labute approximate surface area is 191 Å². The number of rotatable bonds is 6. The van der Waals surface area contributed by atoms with E-state index in [0.717, 1.165) is 24.3 Å². The lowest BCUT2D eigenvalue weighted by atomic mass is 10.2. The van der Waals surface area contributed by atoms with Crippen LogP contribution < -0.4 is 10.6 Å². The summed E-state index contributed by atoms with van der Waals surface area (Å²) in [5, 5.41) is 4.47. The van der Waals surface area contributed by atoms with Crippen LogP contribution in [0.3, 0.4) is 0 Å². The van der Waals surface area contributed by atoms with Gasteiger partial charge in [-0.2, -0.15) is 13.2 Å². The molecule has 1 aliphatic rings. The van der Waals surface area contributed by atoms with E-state index in [2.05, 4.69) is 10.6 Å². The third-order valence-electron chi connectivity index (χ3n) is 4.96. The number of benzene rings is 2. The second kappa shape index (κ2) is 10.4. The number of amides is 2. The monoisotopic (exact) mass is 490 g/mol. The Kier molecular flexibility index (Phi) is 7.88. The molecule has 0 spiro atoms. The first kappa shape index (κ1) is 24.9. The first-order chi connectivity index (χ1) is 15.5. The molecule has 1 fully saturated rings. The zero-order valence-electron chi connectivity index (χ0n) is 17.2. The van der Waals surface area contributed by atoms with Crippen molar-refractivity contribution in [1.82, 2.24) is 9.80 Å². The lowest BCUT2D eigenvalue weighted by Gasteiger charge is -2.33. The van der Waals surface area contributed by atoms with Gasteiger partial charge in [-0.15, -0.1) is 0 Å². The van der Waals surface area contributed by atoms with Gasteiger partial charge in [-0.3, -0.25) is 19.4 Å². The van der Waals surface area contributed by atoms with E-state index in [1.165, 1.54) is 12.1 Å². The van der Waals surface area contributed by atoms with Crippen molar-refractivity contribution in [3.8, 4) is 0 Å². The van der Waals surface area contributed by atoms with Crippen LogP contribution in [0.2, 0.25) is 5.02 Å². The van der Waals surface area contributed by atoms with Crippen LogP contribution in [0.25, 0.3) is 0 Å². The van der Waals surface area contributed by atoms with Crippen molar-refractivity contribution in [1.29, 1.82) is 0 Å². The molecule has 12 heteroatoms. The third kappa shape index (κ3) is 7.11. The molecule has 0 bridgehead atoms. The molecule has 2 aromatic carbocycles. The molecule has 6 nitrogen and oxygen atoms in total. The topological polar surface area (TPSA) is 64.7 Å². The molecule has 0 aromatic heterocycles. The van der Waals surface area contributed by atoms with Crippen molar-refractivity contribution in [2.24, 2.45) is 0 Å². The molecule has 2 amide bonds. The molecule has 2 aromatic rings. The van der Waals surface area contributed by atoms with E-state index in [4.69, 9.17) is 11.6 Å². The molecule has 1 aliphatic heterocycles. The van der Waals surface area contributed by atoms with E-state index >= 15 is 0 Å². The highest BCUT2D eigenvalue weighted by Crippen LogP contribution is 2.36. The maximum atomic E-state index is 13.2. The second-order valence-corrected chi connectivity index (χ2v) is 7.88. The van der Waals surface area contributed by atoms with Crippen LogP contribution in [0.4, 0.5) is 33.3 Å². The van der Waals surface area contributed by atoms with Gasteiger partial charge in [-0.05, 0) is 30.3 Å². The number of hydrogen-bond donors (Lipinski definition) is 2. The van der Waals surface area contributed by atoms with Gasteiger partial charge < -0.3 is 10.6 Å². The van der Waals surface area contributed by atoms with E-state index in [9.17, 15) is 31.5 Å². The fraction of sp³-hybridized carbons (Fsp3) is 0.333. The number of nitrogens with zero attached hydrogens (tertiary/aromatic N) is 2. The predicted octanol–water partition coefficient (Wildman–Crippen LogP) is 3.83. The molecule has 1 heterocycles. The molecule has 2 N–H and O–H groups in total. The summed E-state index contributed by atoms with van der Waals surface area (Å²) in [6.45, 7) is 1.86. The van der Waals surface area contributed by atoms with Gasteiger partial charge in [0, 0.05) is 43.6 Å². The van der Waals surface area contributed by atoms with Crippen molar-refractivity contribution >= 4 is 34.8 Å². The number of anilines is 2. The molecule has 178 valence electrons. The van der Waals surface area contributed by atoms with Crippen molar-refractivity contribution in [2.45, 2.75) is 6.18 Å².